The number of anilines is 1. The molecule has 3 nitrogen and oxygen atoms in total. The van der Waals surface area contributed by atoms with Crippen molar-refractivity contribution in [2.75, 3.05) is 18.5 Å². The fraction of sp³-hybridized carbons (Fsp3) is 0.500. The largest absolute Gasteiger partial charge is 0.374 e. The molecule has 92 valence electrons. The predicted molar refractivity (Wildman–Crippen MR) is 70.2 cm³/mol. The Morgan fingerprint density at radius 2 is 2.29 bits per heavy atom. The van der Waals surface area contributed by atoms with E-state index in [1.807, 2.05) is 6.92 Å². The van der Waals surface area contributed by atoms with Crippen molar-refractivity contribution in [3.8, 4) is 0 Å². The molecule has 0 atom stereocenters. The van der Waals surface area contributed by atoms with Gasteiger partial charge in [-0.05, 0) is 30.0 Å². The van der Waals surface area contributed by atoms with Gasteiger partial charge in [-0.15, -0.1) is 0 Å². The molecule has 1 aliphatic rings. The maximum atomic E-state index is 11.4. The van der Waals surface area contributed by atoms with Gasteiger partial charge in [-0.25, -0.2) is 0 Å². The highest BCUT2D eigenvalue weighted by atomic mass is 16.1. The lowest BCUT2D eigenvalue weighted by Gasteiger charge is -2.12. The van der Waals surface area contributed by atoms with E-state index in [2.05, 4.69) is 35.5 Å². The summed E-state index contributed by atoms with van der Waals surface area (Å²) in [4.78, 5) is 13.7. The van der Waals surface area contributed by atoms with Crippen LogP contribution in [0.1, 0.15) is 30.9 Å². The Labute approximate surface area is 103 Å². The Kier molecular flexibility index (Phi) is 3.67. The zero-order valence-electron chi connectivity index (χ0n) is 10.6. The van der Waals surface area contributed by atoms with E-state index in [9.17, 15) is 4.79 Å². The summed E-state index contributed by atoms with van der Waals surface area (Å²) >= 11 is 0. The van der Waals surface area contributed by atoms with E-state index >= 15 is 0 Å². The molecule has 0 radical (unpaired) electrons. The summed E-state index contributed by atoms with van der Waals surface area (Å²) in [6.45, 7) is 3.77. The Balaban J connectivity index is 1.97. The van der Waals surface area contributed by atoms with Crippen molar-refractivity contribution in [2.24, 2.45) is 0 Å². The quantitative estimate of drug-likeness (QED) is 0.862. The van der Waals surface area contributed by atoms with Crippen LogP contribution in [0.5, 0.6) is 0 Å². The van der Waals surface area contributed by atoms with Gasteiger partial charge in [0.25, 0.3) is 0 Å². The van der Waals surface area contributed by atoms with Crippen LogP contribution < -0.4 is 10.2 Å². The van der Waals surface area contributed by atoms with Crippen LogP contribution in [0.15, 0.2) is 18.2 Å². The third-order valence-electron chi connectivity index (χ3n) is 3.24. The highest BCUT2D eigenvalue weighted by molar-refractivity contribution is 5.75. The van der Waals surface area contributed by atoms with Gasteiger partial charge in [-0.3, -0.25) is 4.79 Å². The molecule has 0 fully saturated rings. The lowest BCUT2D eigenvalue weighted by Crippen LogP contribution is -2.22. The van der Waals surface area contributed by atoms with Gasteiger partial charge in [0.05, 0.1) is 0 Å². The Morgan fingerprint density at radius 1 is 1.47 bits per heavy atom. The molecule has 0 spiro atoms. The molecule has 3 heteroatoms. The van der Waals surface area contributed by atoms with Gasteiger partial charge in [0.1, 0.15) is 0 Å². The van der Waals surface area contributed by atoms with Crippen molar-refractivity contribution >= 4 is 11.6 Å². The van der Waals surface area contributed by atoms with Crippen LogP contribution in [-0.4, -0.2) is 19.5 Å². The number of carbonyl (C=O) groups excluding carboxylic acids is 1. The van der Waals surface area contributed by atoms with Crippen molar-refractivity contribution in [1.29, 1.82) is 0 Å². The van der Waals surface area contributed by atoms with Gasteiger partial charge in [0, 0.05) is 32.2 Å². The molecule has 1 amide bonds. The summed E-state index contributed by atoms with van der Waals surface area (Å²) in [6.07, 6.45) is 2.64. The minimum Gasteiger partial charge on any atom is -0.374 e. The molecule has 0 bridgehead atoms. The average molecular weight is 232 g/mol. The SMILES string of the molecule is CCCC(=O)NCc1ccc2c(c1)CCN2C. The molecule has 2 rings (SSSR count). The number of nitrogens with zero attached hydrogens (tertiary/aromatic N) is 1. The second-order valence-corrected chi connectivity index (χ2v) is 4.66. The van der Waals surface area contributed by atoms with Crippen LogP contribution in [0.2, 0.25) is 0 Å². The van der Waals surface area contributed by atoms with Crippen molar-refractivity contribution in [3.05, 3.63) is 29.3 Å². The van der Waals surface area contributed by atoms with E-state index in [0.717, 1.165) is 19.4 Å². The van der Waals surface area contributed by atoms with Crippen LogP contribution >= 0.6 is 0 Å². The lowest BCUT2D eigenvalue weighted by atomic mass is 10.1. The molecule has 0 saturated heterocycles. The van der Waals surface area contributed by atoms with E-state index in [0.29, 0.717) is 13.0 Å². The van der Waals surface area contributed by atoms with Gasteiger partial charge in [0.2, 0.25) is 5.91 Å². The smallest absolute Gasteiger partial charge is 0.220 e. The predicted octanol–water partition coefficient (Wildman–Crippen LogP) is 2.10. The molecule has 1 aromatic carbocycles. The van der Waals surface area contributed by atoms with E-state index in [1.165, 1.54) is 16.8 Å². The normalized spacial score (nSPS) is 13.6. The van der Waals surface area contributed by atoms with Gasteiger partial charge < -0.3 is 10.2 Å². The number of carbonyl (C=O) groups is 1. The van der Waals surface area contributed by atoms with E-state index in [1.54, 1.807) is 0 Å². The molecular weight excluding hydrogens is 212 g/mol. The minimum atomic E-state index is 0.144. The number of benzene rings is 1. The first kappa shape index (κ1) is 12.0. The van der Waals surface area contributed by atoms with Crippen LogP contribution in [-0.2, 0) is 17.8 Å². The Bertz CT molecular complexity index is 415. The first-order chi connectivity index (χ1) is 8.20. The number of rotatable bonds is 4. The van der Waals surface area contributed by atoms with Crippen LogP contribution in [0.3, 0.4) is 0 Å². The highest BCUT2D eigenvalue weighted by Gasteiger charge is 2.15. The highest BCUT2D eigenvalue weighted by Crippen LogP contribution is 2.27. The number of nitrogens with one attached hydrogen (secondary N) is 1. The fourth-order valence-electron chi connectivity index (χ4n) is 2.25. The summed E-state index contributed by atoms with van der Waals surface area (Å²) < 4.78 is 0. The molecule has 0 saturated carbocycles. The monoisotopic (exact) mass is 232 g/mol. The molecule has 1 aliphatic heterocycles. The molecule has 1 aromatic rings. The minimum absolute atomic E-state index is 0.144. The first-order valence-corrected chi connectivity index (χ1v) is 6.30. The third kappa shape index (κ3) is 2.78. The number of hydrogen-bond donors (Lipinski definition) is 1. The third-order valence-corrected chi connectivity index (χ3v) is 3.24. The van der Waals surface area contributed by atoms with Gasteiger partial charge >= 0.3 is 0 Å². The van der Waals surface area contributed by atoms with Crippen LogP contribution in [0.25, 0.3) is 0 Å². The molecular formula is C14H20N2O. The standard InChI is InChI=1S/C14H20N2O/c1-3-4-14(17)15-10-11-5-6-13-12(9-11)7-8-16(13)2/h5-6,9H,3-4,7-8,10H2,1-2H3,(H,15,17). The molecule has 0 unspecified atom stereocenters. The zero-order valence-corrected chi connectivity index (χ0v) is 10.6. The van der Waals surface area contributed by atoms with E-state index in [4.69, 9.17) is 0 Å². The second-order valence-electron chi connectivity index (χ2n) is 4.66. The second kappa shape index (κ2) is 5.21. The number of likely N-dealkylation sites (N-methyl/N-ethyl adjacent to an activating group) is 1. The molecule has 17 heavy (non-hydrogen) atoms. The van der Waals surface area contributed by atoms with Gasteiger partial charge in [-0.1, -0.05) is 19.1 Å². The van der Waals surface area contributed by atoms with Crippen LogP contribution in [0, 0.1) is 0 Å². The molecule has 1 N–H and O–H groups in total. The van der Waals surface area contributed by atoms with E-state index in [-0.39, 0.29) is 5.91 Å². The summed E-state index contributed by atoms with van der Waals surface area (Å²) in [7, 11) is 2.12. The first-order valence-electron chi connectivity index (χ1n) is 6.30. The van der Waals surface area contributed by atoms with Crippen molar-refractivity contribution in [1.82, 2.24) is 5.32 Å². The maximum absolute atomic E-state index is 11.4. The molecule has 0 aromatic heterocycles. The topological polar surface area (TPSA) is 32.3 Å². The van der Waals surface area contributed by atoms with Gasteiger partial charge in [-0.2, -0.15) is 0 Å². The fourth-order valence-corrected chi connectivity index (χ4v) is 2.25. The maximum Gasteiger partial charge on any atom is 0.220 e. The lowest BCUT2D eigenvalue weighted by molar-refractivity contribution is -0.121. The van der Waals surface area contributed by atoms with Crippen LogP contribution in [0.4, 0.5) is 5.69 Å². The number of fused-ring (bicyclic) bond motifs is 1. The van der Waals surface area contributed by atoms with Crippen molar-refractivity contribution in [2.45, 2.75) is 32.7 Å². The number of amides is 1. The zero-order chi connectivity index (χ0) is 12.3. The summed E-state index contributed by atoms with van der Waals surface area (Å²) in [5.74, 6) is 0.144. The Hall–Kier alpha value is -1.51. The Morgan fingerprint density at radius 3 is 3.06 bits per heavy atom. The number of hydrogen-bond acceptors (Lipinski definition) is 2. The summed E-state index contributed by atoms with van der Waals surface area (Å²) in [5, 5.41) is 2.95. The average Bonchev–Trinajstić information content (AvgIpc) is 2.69. The van der Waals surface area contributed by atoms with Crippen molar-refractivity contribution < 1.29 is 4.79 Å². The van der Waals surface area contributed by atoms with E-state index < -0.39 is 0 Å². The molecule has 1 heterocycles. The summed E-state index contributed by atoms with van der Waals surface area (Å²) in [5.41, 5.74) is 3.92. The van der Waals surface area contributed by atoms with Crippen molar-refractivity contribution in [3.63, 3.8) is 0 Å². The van der Waals surface area contributed by atoms with Gasteiger partial charge in [0.15, 0.2) is 0 Å². The molecule has 0 aliphatic carbocycles. The summed E-state index contributed by atoms with van der Waals surface area (Å²) in [6, 6.07) is 6.47.